The number of hydrogen-bond donors (Lipinski definition) is 2. The van der Waals surface area contributed by atoms with Gasteiger partial charge >= 0.3 is 12.0 Å². The van der Waals surface area contributed by atoms with Crippen molar-refractivity contribution in [1.29, 1.82) is 0 Å². The second-order valence-corrected chi connectivity index (χ2v) is 8.58. The van der Waals surface area contributed by atoms with Gasteiger partial charge in [0.05, 0.1) is 37.6 Å². The zero-order valence-electron chi connectivity index (χ0n) is 21.1. The lowest BCUT2D eigenvalue weighted by molar-refractivity contribution is -0.139. The maximum Gasteiger partial charge on any atom is 0.338 e. The van der Waals surface area contributed by atoms with Gasteiger partial charge < -0.3 is 29.7 Å². The topological polar surface area (TPSA) is 92.4 Å². The minimum atomic E-state index is -0.637. The lowest BCUT2D eigenvalue weighted by atomic mass is 9.94. The highest BCUT2D eigenvalue weighted by molar-refractivity contribution is 5.95. The van der Waals surface area contributed by atoms with Gasteiger partial charge in [-0.2, -0.15) is 0 Å². The van der Waals surface area contributed by atoms with Crippen molar-refractivity contribution in [3.63, 3.8) is 0 Å². The fourth-order valence-electron chi connectivity index (χ4n) is 4.63. The number of methoxy groups -OCH3 is 1. The third-order valence-corrected chi connectivity index (χ3v) is 6.34. The quantitative estimate of drug-likeness (QED) is 0.518. The van der Waals surface area contributed by atoms with Gasteiger partial charge in [-0.15, -0.1) is 0 Å². The number of hydrogen-bond acceptors (Lipinski definition) is 7. The number of rotatable bonds is 9. The Hall–Kier alpha value is -3.72. The van der Waals surface area contributed by atoms with E-state index < -0.39 is 12.0 Å². The van der Waals surface area contributed by atoms with Gasteiger partial charge in [-0.3, -0.25) is 4.90 Å². The van der Waals surface area contributed by atoms with E-state index in [2.05, 4.69) is 26.5 Å². The molecule has 4 rings (SSSR count). The van der Waals surface area contributed by atoms with Crippen LogP contribution in [0.25, 0.3) is 0 Å². The lowest BCUT2D eigenvalue weighted by Crippen LogP contribution is -2.51. The van der Waals surface area contributed by atoms with Crippen LogP contribution >= 0.6 is 0 Å². The molecule has 9 nitrogen and oxygen atoms in total. The van der Waals surface area contributed by atoms with Crippen molar-refractivity contribution in [3.05, 3.63) is 65.4 Å². The molecule has 2 aromatic carbocycles. The normalized spacial score (nSPS) is 18.4. The van der Waals surface area contributed by atoms with Crippen LogP contribution in [0.4, 0.5) is 10.5 Å². The number of carbonyl (C=O) groups excluding carboxylic acids is 2. The number of nitrogens with zero attached hydrogens (tertiary/aromatic N) is 2. The Balaban J connectivity index is 1.55. The fourth-order valence-corrected chi connectivity index (χ4v) is 4.63. The molecule has 2 aliphatic rings. The summed E-state index contributed by atoms with van der Waals surface area (Å²) in [6.45, 7) is 8.19. The number of carbonyl (C=O) groups is 2. The number of nitrogens with one attached hydrogen (secondary N) is 2. The van der Waals surface area contributed by atoms with Crippen molar-refractivity contribution in [1.82, 2.24) is 15.5 Å². The molecule has 0 radical (unpaired) electrons. The molecule has 2 aromatic rings. The molecule has 1 atom stereocenters. The Kier molecular flexibility index (Phi) is 8.32. The molecule has 9 heteroatoms. The number of benzene rings is 2. The van der Waals surface area contributed by atoms with Gasteiger partial charge in [0.25, 0.3) is 0 Å². The first-order valence-corrected chi connectivity index (χ1v) is 12.3. The number of piperazine rings is 1. The molecule has 0 unspecified atom stereocenters. The predicted octanol–water partition coefficient (Wildman–Crippen LogP) is 3.09. The van der Waals surface area contributed by atoms with Crippen LogP contribution in [0.15, 0.2) is 59.8 Å². The number of esters is 1. The van der Waals surface area contributed by atoms with Gasteiger partial charge in [0.2, 0.25) is 0 Å². The summed E-state index contributed by atoms with van der Waals surface area (Å²) in [6, 6.07) is 14.4. The summed E-state index contributed by atoms with van der Waals surface area (Å²) in [5.41, 5.74) is 2.81. The largest absolute Gasteiger partial charge is 0.497 e. The van der Waals surface area contributed by atoms with Crippen LogP contribution in [-0.4, -0.2) is 69.9 Å². The molecule has 0 aliphatic carbocycles. The van der Waals surface area contributed by atoms with Crippen LogP contribution in [0.1, 0.15) is 25.5 Å². The Morgan fingerprint density at radius 1 is 1.03 bits per heavy atom. The Labute approximate surface area is 212 Å². The SMILES string of the molecule is CCOC(=O)C1=C(CN2CCN(c3ccccc3OCC)CC2)NC(=O)N[C@H]1c1cccc(OC)c1. The van der Waals surface area contributed by atoms with Gasteiger partial charge in [-0.25, -0.2) is 9.59 Å². The first kappa shape index (κ1) is 25.4. The van der Waals surface area contributed by atoms with E-state index in [0.29, 0.717) is 30.2 Å². The molecule has 1 fully saturated rings. The van der Waals surface area contributed by atoms with Gasteiger partial charge in [0.1, 0.15) is 11.5 Å². The van der Waals surface area contributed by atoms with E-state index in [0.717, 1.165) is 43.2 Å². The number of para-hydroxylation sites is 2. The zero-order valence-corrected chi connectivity index (χ0v) is 21.1. The molecule has 0 bridgehead atoms. The van der Waals surface area contributed by atoms with Crippen LogP contribution in [0.2, 0.25) is 0 Å². The summed E-state index contributed by atoms with van der Waals surface area (Å²) in [5, 5.41) is 5.75. The van der Waals surface area contributed by atoms with Crippen molar-refractivity contribution in [2.75, 3.05) is 57.9 Å². The van der Waals surface area contributed by atoms with E-state index in [1.54, 1.807) is 14.0 Å². The monoisotopic (exact) mass is 494 g/mol. The van der Waals surface area contributed by atoms with Crippen LogP contribution in [0.3, 0.4) is 0 Å². The number of amides is 2. The van der Waals surface area contributed by atoms with E-state index in [1.807, 2.05) is 49.4 Å². The molecular formula is C27H34N4O5. The molecule has 1 saturated heterocycles. The molecule has 2 N–H and O–H groups in total. The average Bonchev–Trinajstić information content (AvgIpc) is 2.89. The van der Waals surface area contributed by atoms with Crippen LogP contribution < -0.4 is 25.0 Å². The Morgan fingerprint density at radius 3 is 2.53 bits per heavy atom. The highest BCUT2D eigenvalue weighted by Crippen LogP contribution is 2.31. The second-order valence-electron chi connectivity index (χ2n) is 8.58. The van der Waals surface area contributed by atoms with E-state index >= 15 is 0 Å². The van der Waals surface area contributed by atoms with Gasteiger partial charge in [0, 0.05) is 38.4 Å². The van der Waals surface area contributed by atoms with Gasteiger partial charge in [0.15, 0.2) is 0 Å². The standard InChI is InChI=1S/C27H34N4O5/c1-4-35-23-12-7-6-11-22(23)31-15-13-30(14-16-31)18-21-24(26(32)36-5-2)25(29-27(33)28-21)19-9-8-10-20(17-19)34-3/h6-12,17,25H,4-5,13-16,18H2,1-3H3,(H2,28,29,33)/t25-/m0/s1. The third kappa shape index (κ3) is 5.73. The number of urea groups is 1. The van der Waals surface area contributed by atoms with Crippen molar-refractivity contribution < 1.29 is 23.8 Å². The molecule has 2 aliphatic heterocycles. The minimum Gasteiger partial charge on any atom is -0.497 e. The average molecular weight is 495 g/mol. The summed E-state index contributed by atoms with van der Waals surface area (Å²) < 4.78 is 16.6. The number of anilines is 1. The molecule has 2 amide bonds. The maximum absolute atomic E-state index is 13.1. The summed E-state index contributed by atoms with van der Waals surface area (Å²) in [4.78, 5) is 30.3. The minimum absolute atomic E-state index is 0.242. The Bertz CT molecular complexity index is 1110. The van der Waals surface area contributed by atoms with Crippen molar-refractivity contribution in [2.24, 2.45) is 0 Å². The van der Waals surface area contributed by atoms with E-state index in [4.69, 9.17) is 14.2 Å². The van der Waals surface area contributed by atoms with E-state index in [1.165, 1.54) is 0 Å². The summed E-state index contributed by atoms with van der Waals surface area (Å²) in [5.74, 6) is 1.08. The third-order valence-electron chi connectivity index (χ3n) is 6.34. The second kappa shape index (κ2) is 11.8. The summed E-state index contributed by atoms with van der Waals surface area (Å²) in [6.07, 6.45) is 0. The molecule has 192 valence electrons. The highest BCUT2D eigenvalue weighted by atomic mass is 16.5. The maximum atomic E-state index is 13.1. The molecule has 2 heterocycles. The molecule has 0 saturated carbocycles. The lowest BCUT2D eigenvalue weighted by Gasteiger charge is -2.38. The van der Waals surface area contributed by atoms with E-state index in [9.17, 15) is 9.59 Å². The van der Waals surface area contributed by atoms with Crippen LogP contribution in [-0.2, 0) is 9.53 Å². The number of ether oxygens (including phenoxy) is 3. The molecule has 0 aromatic heterocycles. The molecule has 0 spiro atoms. The Morgan fingerprint density at radius 2 is 1.81 bits per heavy atom. The summed E-state index contributed by atoms with van der Waals surface area (Å²) >= 11 is 0. The molecule has 36 heavy (non-hydrogen) atoms. The van der Waals surface area contributed by atoms with Gasteiger partial charge in [-0.1, -0.05) is 24.3 Å². The van der Waals surface area contributed by atoms with Crippen LogP contribution in [0, 0.1) is 0 Å². The first-order valence-electron chi connectivity index (χ1n) is 12.3. The zero-order chi connectivity index (χ0) is 25.5. The summed E-state index contributed by atoms with van der Waals surface area (Å²) in [7, 11) is 1.58. The predicted molar refractivity (Wildman–Crippen MR) is 137 cm³/mol. The molecular weight excluding hydrogens is 460 g/mol. The van der Waals surface area contributed by atoms with Crippen molar-refractivity contribution in [3.8, 4) is 11.5 Å². The smallest absolute Gasteiger partial charge is 0.338 e. The highest BCUT2D eigenvalue weighted by Gasteiger charge is 2.35. The fraction of sp³-hybridized carbons (Fsp3) is 0.407. The van der Waals surface area contributed by atoms with Crippen molar-refractivity contribution in [2.45, 2.75) is 19.9 Å². The van der Waals surface area contributed by atoms with Gasteiger partial charge in [-0.05, 0) is 43.7 Å². The van der Waals surface area contributed by atoms with E-state index in [-0.39, 0.29) is 12.6 Å². The first-order chi connectivity index (χ1) is 17.5. The van der Waals surface area contributed by atoms with Crippen LogP contribution in [0.5, 0.6) is 11.5 Å². The van der Waals surface area contributed by atoms with Crippen molar-refractivity contribution >= 4 is 17.7 Å².